The van der Waals surface area contributed by atoms with Gasteiger partial charge in [-0.25, -0.2) is 9.59 Å². The van der Waals surface area contributed by atoms with Crippen LogP contribution in [0.2, 0.25) is 0 Å². The third-order valence-electron chi connectivity index (χ3n) is 2.78. The van der Waals surface area contributed by atoms with Crippen molar-refractivity contribution in [3.63, 3.8) is 0 Å². The van der Waals surface area contributed by atoms with Crippen molar-refractivity contribution < 1.29 is 14.3 Å². The number of ether oxygens (including phenoxy) is 1. The minimum Gasteiger partial charge on any atom is -0.450 e. The molecule has 116 valence electrons. The van der Waals surface area contributed by atoms with Gasteiger partial charge in [0.1, 0.15) is 0 Å². The molecule has 0 saturated carbocycles. The summed E-state index contributed by atoms with van der Waals surface area (Å²) in [6, 6.07) is 7.97. The molecule has 0 aliphatic carbocycles. The Balaban J connectivity index is 2.06. The SMILES string of the molecule is CCOC(=O)NCCNC(=O)NCCc1ccc(C)cc1. The van der Waals surface area contributed by atoms with Crippen LogP contribution in [0, 0.1) is 6.92 Å². The van der Waals surface area contributed by atoms with Crippen LogP contribution < -0.4 is 16.0 Å². The number of rotatable bonds is 7. The number of nitrogens with one attached hydrogen (secondary N) is 3. The highest BCUT2D eigenvalue weighted by Gasteiger charge is 2.01. The van der Waals surface area contributed by atoms with Crippen LogP contribution in [0.4, 0.5) is 9.59 Å². The Morgan fingerprint density at radius 3 is 2.29 bits per heavy atom. The average Bonchev–Trinajstić information content (AvgIpc) is 2.46. The molecule has 21 heavy (non-hydrogen) atoms. The van der Waals surface area contributed by atoms with Gasteiger partial charge < -0.3 is 20.7 Å². The zero-order valence-corrected chi connectivity index (χ0v) is 12.6. The second-order valence-electron chi connectivity index (χ2n) is 4.57. The molecule has 0 atom stereocenters. The maximum absolute atomic E-state index is 11.5. The molecule has 3 amide bonds. The van der Waals surface area contributed by atoms with Crippen molar-refractivity contribution >= 4 is 12.1 Å². The number of amides is 3. The van der Waals surface area contributed by atoms with Crippen molar-refractivity contribution in [2.24, 2.45) is 0 Å². The third-order valence-corrected chi connectivity index (χ3v) is 2.78. The van der Waals surface area contributed by atoms with E-state index < -0.39 is 6.09 Å². The number of benzene rings is 1. The van der Waals surface area contributed by atoms with Gasteiger partial charge in [0.2, 0.25) is 0 Å². The van der Waals surface area contributed by atoms with E-state index >= 15 is 0 Å². The summed E-state index contributed by atoms with van der Waals surface area (Å²) >= 11 is 0. The molecule has 0 radical (unpaired) electrons. The molecule has 0 fully saturated rings. The molecule has 0 spiro atoms. The molecule has 1 aromatic carbocycles. The number of hydrogen-bond donors (Lipinski definition) is 3. The molecule has 1 aromatic rings. The highest BCUT2D eigenvalue weighted by atomic mass is 16.5. The number of carbonyl (C=O) groups is 2. The molecule has 0 aliphatic rings. The standard InChI is InChI=1S/C15H23N3O3/c1-3-21-15(20)18-11-10-17-14(19)16-9-8-13-6-4-12(2)5-7-13/h4-7H,3,8-11H2,1-2H3,(H,18,20)(H2,16,17,19). The molecule has 6 nitrogen and oxygen atoms in total. The molecule has 0 saturated heterocycles. The first-order valence-corrected chi connectivity index (χ1v) is 7.09. The topological polar surface area (TPSA) is 79.5 Å². The van der Waals surface area contributed by atoms with Gasteiger partial charge in [-0.15, -0.1) is 0 Å². The lowest BCUT2D eigenvalue weighted by Crippen LogP contribution is -2.41. The van der Waals surface area contributed by atoms with E-state index in [1.807, 2.05) is 6.92 Å². The van der Waals surface area contributed by atoms with E-state index in [1.165, 1.54) is 11.1 Å². The second-order valence-corrected chi connectivity index (χ2v) is 4.57. The lowest BCUT2D eigenvalue weighted by molar-refractivity contribution is 0.152. The quantitative estimate of drug-likeness (QED) is 0.668. The van der Waals surface area contributed by atoms with Gasteiger partial charge in [0.15, 0.2) is 0 Å². The van der Waals surface area contributed by atoms with Crippen molar-refractivity contribution in [3.05, 3.63) is 35.4 Å². The van der Waals surface area contributed by atoms with Gasteiger partial charge in [-0.3, -0.25) is 0 Å². The van der Waals surface area contributed by atoms with Crippen molar-refractivity contribution in [1.29, 1.82) is 0 Å². The van der Waals surface area contributed by atoms with Crippen LogP contribution >= 0.6 is 0 Å². The molecule has 3 N–H and O–H groups in total. The zero-order valence-electron chi connectivity index (χ0n) is 12.6. The lowest BCUT2D eigenvalue weighted by atomic mass is 10.1. The van der Waals surface area contributed by atoms with Gasteiger partial charge in [-0.05, 0) is 25.8 Å². The monoisotopic (exact) mass is 293 g/mol. The maximum Gasteiger partial charge on any atom is 0.407 e. The highest BCUT2D eigenvalue weighted by Crippen LogP contribution is 2.02. The highest BCUT2D eigenvalue weighted by molar-refractivity contribution is 5.74. The fraction of sp³-hybridized carbons (Fsp3) is 0.467. The summed E-state index contributed by atoms with van der Waals surface area (Å²) in [7, 11) is 0. The Kier molecular flexibility index (Phi) is 7.71. The van der Waals surface area contributed by atoms with Gasteiger partial charge in [-0.2, -0.15) is 0 Å². The Morgan fingerprint density at radius 1 is 1.00 bits per heavy atom. The fourth-order valence-corrected chi connectivity index (χ4v) is 1.66. The van der Waals surface area contributed by atoms with Gasteiger partial charge in [0, 0.05) is 19.6 Å². The number of aryl methyl sites for hydroxylation is 1. The van der Waals surface area contributed by atoms with Crippen LogP contribution in [0.25, 0.3) is 0 Å². The Bertz CT molecular complexity index is 446. The summed E-state index contributed by atoms with van der Waals surface area (Å²) in [5, 5.41) is 7.94. The molecule has 0 heterocycles. The molecule has 1 rings (SSSR count). The number of alkyl carbamates (subject to hydrolysis) is 1. The van der Waals surface area contributed by atoms with Crippen LogP contribution in [0.1, 0.15) is 18.1 Å². The normalized spacial score (nSPS) is 9.81. The maximum atomic E-state index is 11.5. The summed E-state index contributed by atoms with van der Waals surface area (Å²) in [5.74, 6) is 0. The minimum atomic E-state index is -0.473. The Morgan fingerprint density at radius 2 is 1.62 bits per heavy atom. The predicted molar refractivity (Wildman–Crippen MR) is 81.3 cm³/mol. The van der Waals surface area contributed by atoms with E-state index in [2.05, 4.69) is 40.2 Å². The number of hydrogen-bond acceptors (Lipinski definition) is 3. The number of carbonyl (C=O) groups excluding carboxylic acids is 2. The van der Waals surface area contributed by atoms with E-state index in [0.717, 1.165) is 6.42 Å². The molecular weight excluding hydrogens is 270 g/mol. The molecule has 6 heteroatoms. The van der Waals surface area contributed by atoms with Crippen LogP contribution in [-0.2, 0) is 11.2 Å². The van der Waals surface area contributed by atoms with Gasteiger partial charge in [0.05, 0.1) is 6.61 Å². The van der Waals surface area contributed by atoms with E-state index in [1.54, 1.807) is 6.92 Å². The smallest absolute Gasteiger partial charge is 0.407 e. The Hall–Kier alpha value is -2.24. The van der Waals surface area contributed by atoms with E-state index in [-0.39, 0.29) is 6.03 Å². The van der Waals surface area contributed by atoms with Crippen molar-refractivity contribution in [1.82, 2.24) is 16.0 Å². The van der Waals surface area contributed by atoms with Gasteiger partial charge in [0.25, 0.3) is 0 Å². The van der Waals surface area contributed by atoms with Crippen LogP contribution in [0.3, 0.4) is 0 Å². The third kappa shape index (κ3) is 7.81. The summed E-state index contributed by atoms with van der Waals surface area (Å²) in [5.41, 5.74) is 2.41. The first-order chi connectivity index (χ1) is 10.1. The second kappa shape index (κ2) is 9.63. The minimum absolute atomic E-state index is 0.243. The summed E-state index contributed by atoms with van der Waals surface area (Å²) < 4.78 is 4.69. The summed E-state index contributed by atoms with van der Waals surface area (Å²) in [6.07, 6.45) is 0.313. The predicted octanol–water partition coefficient (Wildman–Crippen LogP) is 1.58. The number of urea groups is 1. The van der Waals surface area contributed by atoms with Crippen LogP contribution in [-0.4, -0.2) is 38.4 Å². The lowest BCUT2D eigenvalue weighted by Gasteiger charge is -2.08. The van der Waals surface area contributed by atoms with E-state index in [4.69, 9.17) is 4.74 Å². The van der Waals surface area contributed by atoms with Gasteiger partial charge in [-0.1, -0.05) is 29.8 Å². The van der Waals surface area contributed by atoms with Crippen molar-refractivity contribution in [2.45, 2.75) is 20.3 Å². The summed E-state index contributed by atoms with van der Waals surface area (Å²) in [4.78, 5) is 22.5. The molecule has 0 aliphatic heterocycles. The van der Waals surface area contributed by atoms with Crippen molar-refractivity contribution in [2.75, 3.05) is 26.2 Å². The van der Waals surface area contributed by atoms with Crippen LogP contribution in [0.15, 0.2) is 24.3 Å². The molecule has 0 aromatic heterocycles. The molecule has 0 bridgehead atoms. The van der Waals surface area contributed by atoms with E-state index in [0.29, 0.717) is 26.2 Å². The van der Waals surface area contributed by atoms with E-state index in [9.17, 15) is 9.59 Å². The Labute approximate surface area is 125 Å². The molecule has 0 unspecified atom stereocenters. The largest absolute Gasteiger partial charge is 0.450 e. The van der Waals surface area contributed by atoms with Gasteiger partial charge >= 0.3 is 12.1 Å². The van der Waals surface area contributed by atoms with Crippen molar-refractivity contribution in [3.8, 4) is 0 Å². The molecular formula is C15H23N3O3. The first-order valence-electron chi connectivity index (χ1n) is 7.09. The summed E-state index contributed by atoms with van der Waals surface area (Å²) in [6.45, 7) is 5.37. The van der Waals surface area contributed by atoms with Crippen LogP contribution in [0.5, 0.6) is 0 Å². The fourth-order valence-electron chi connectivity index (χ4n) is 1.66. The zero-order chi connectivity index (χ0) is 15.5. The average molecular weight is 293 g/mol. The first kappa shape index (κ1) is 16.8.